The Hall–Kier alpha value is -3.27. The summed E-state index contributed by atoms with van der Waals surface area (Å²) in [6.45, 7) is 5.09. The van der Waals surface area contributed by atoms with Crippen LogP contribution >= 0.6 is 0 Å². The third-order valence-corrected chi connectivity index (χ3v) is 4.89. The van der Waals surface area contributed by atoms with E-state index >= 15 is 0 Å². The maximum Gasteiger partial charge on any atom is 0.243 e. The summed E-state index contributed by atoms with van der Waals surface area (Å²) in [4.78, 5) is 12.5. The smallest absolute Gasteiger partial charge is 0.243 e. The van der Waals surface area contributed by atoms with Gasteiger partial charge in [-0.15, -0.1) is 0 Å². The zero-order valence-corrected chi connectivity index (χ0v) is 17.7. The molecule has 0 saturated heterocycles. The minimum atomic E-state index is -0.103. The van der Waals surface area contributed by atoms with Gasteiger partial charge in [0.2, 0.25) is 5.91 Å². The molecule has 3 aromatic rings. The molecule has 4 nitrogen and oxygen atoms in total. The molecule has 0 radical (unpaired) electrons. The molecule has 156 valence electrons. The van der Waals surface area contributed by atoms with Crippen molar-refractivity contribution in [1.29, 1.82) is 0 Å². The SMILES string of the molecule is CC(C)c1ccccc1NCC(=O)Nc1ccccc1OCCCc1ccccc1. The van der Waals surface area contributed by atoms with Crippen molar-refractivity contribution in [2.24, 2.45) is 0 Å². The summed E-state index contributed by atoms with van der Waals surface area (Å²) < 4.78 is 5.94. The van der Waals surface area contributed by atoms with E-state index < -0.39 is 0 Å². The van der Waals surface area contributed by atoms with Gasteiger partial charge < -0.3 is 15.4 Å². The molecule has 2 N–H and O–H groups in total. The van der Waals surface area contributed by atoms with Crippen LogP contribution in [0, 0.1) is 0 Å². The molecule has 1 amide bonds. The van der Waals surface area contributed by atoms with Crippen LogP contribution in [0.15, 0.2) is 78.9 Å². The molecule has 0 heterocycles. The number of para-hydroxylation sites is 3. The number of nitrogens with one attached hydrogen (secondary N) is 2. The van der Waals surface area contributed by atoms with E-state index in [1.165, 1.54) is 11.1 Å². The average molecular weight is 403 g/mol. The van der Waals surface area contributed by atoms with Gasteiger partial charge in [-0.25, -0.2) is 0 Å². The average Bonchev–Trinajstić information content (AvgIpc) is 2.77. The first kappa shape index (κ1) is 21.4. The van der Waals surface area contributed by atoms with E-state index in [9.17, 15) is 4.79 Å². The van der Waals surface area contributed by atoms with Gasteiger partial charge in [-0.2, -0.15) is 0 Å². The van der Waals surface area contributed by atoms with E-state index in [0.29, 0.717) is 24.0 Å². The maximum atomic E-state index is 12.5. The lowest BCUT2D eigenvalue weighted by Gasteiger charge is -2.15. The van der Waals surface area contributed by atoms with Crippen LogP contribution in [0.25, 0.3) is 0 Å². The van der Waals surface area contributed by atoms with Gasteiger partial charge in [0.25, 0.3) is 0 Å². The second-order valence-electron chi connectivity index (χ2n) is 7.58. The lowest BCUT2D eigenvalue weighted by Crippen LogP contribution is -2.22. The van der Waals surface area contributed by atoms with E-state index in [1.54, 1.807) is 0 Å². The molecule has 3 aromatic carbocycles. The van der Waals surface area contributed by atoms with Crippen molar-refractivity contribution in [2.45, 2.75) is 32.6 Å². The van der Waals surface area contributed by atoms with Crippen LogP contribution in [-0.2, 0) is 11.2 Å². The quantitative estimate of drug-likeness (QED) is 0.417. The van der Waals surface area contributed by atoms with E-state index in [-0.39, 0.29) is 12.5 Å². The number of aryl methyl sites for hydroxylation is 1. The Bertz CT molecular complexity index is 939. The fraction of sp³-hybridized carbons (Fsp3) is 0.269. The van der Waals surface area contributed by atoms with Gasteiger partial charge in [-0.1, -0.05) is 74.5 Å². The van der Waals surface area contributed by atoms with Gasteiger partial charge in [0.1, 0.15) is 5.75 Å². The van der Waals surface area contributed by atoms with Crippen LogP contribution in [0.2, 0.25) is 0 Å². The van der Waals surface area contributed by atoms with E-state index in [0.717, 1.165) is 18.5 Å². The van der Waals surface area contributed by atoms with Crippen molar-refractivity contribution in [3.63, 3.8) is 0 Å². The number of anilines is 2. The lowest BCUT2D eigenvalue weighted by molar-refractivity contribution is -0.114. The number of ether oxygens (including phenoxy) is 1. The number of hydrogen-bond donors (Lipinski definition) is 2. The molecule has 0 aliphatic carbocycles. The van der Waals surface area contributed by atoms with Gasteiger partial charge in [0, 0.05) is 5.69 Å². The molecular formula is C26H30N2O2. The minimum Gasteiger partial charge on any atom is -0.491 e. The first-order chi connectivity index (χ1) is 14.6. The summed E-state index contributed by atoms with van der Waals surface area (Å²) >= 11 is 0. The van der Waals surface area contributed by atoms with Crippen LogP contribution in [0.4, 0.5) is 11.4 Å². The molecule has 4 heteroatoms. The molecule has 0 aliphatic rings. The fourth-order valence-corrected chi connectivity index (χ4v) is 3.33. The highest BCUT2D eigenvalue weighted by Gasteiger charge is 2.10. The molecule has 0 saturated carbocycles. The number of benzene rings is 3. The summed E-state index contributed by atoms with van der Waals surface area (Å²) in [7, 11) is 0. The zero-order chi connectivity index (χ0) is 21.2. The van der Waals surface area contributed by atoms with Crippen molar-refractivity contribution < 1.29 is 9.53 Å². The number of amides is 1. The Morgan fingerprint density at radius 2 is 1.53 bits per heavy atom. The Labute approximate surface area is 179 Å². The summed E-state index contributed by atoms with van der Waals surface area (Å²) in [6.07, 6.45) is 1.88. The highest BCUT2D eigenvalue weighted by molar-refractivity contribution is 5.95. The predicted molar refractivity (Wildman–Crippen MR) is 124 cm³/mol. The second kappa shape index (κ2) is 11.1. The molecule has 30 heavy (non-hydrogen) atoms. The van der Waals surface area contributed by atoms with Gasteiger partial charge in [-0.05, 0) is 48.1 Å². The largest absolute Gasteiger partial charge is 0.491 e. The zero-order valence-electron chi connectivity index (χ0n) is 17.7. The number of carbonyl (C=O) groups excluding carboxylic acids is 1. The van der Waals surface area contributed by atoms with Crippen LogP contribution < -0.4 is 15.4 Å². The van der Waals surface area contributed by atoms with Gasteiger partial charge >= 0.3 is 0 Å². The van der Waals surface area contributed by atoms with Gasteiger partial charge in [0.05, 0.1) is 18.8 Å². The molecule has 0 aromatic heterocycles. The third-order valence-electron chi connectivity index (χ3n) is 4.89. The minimum absolute atomic E-state index is 0.103. The standard InChI is InChI=1S/C26H30N2O2/c1-20(2)22-14-6-7-15-23(22)27-19-26(29)28-24-16-8-9-17-25(24)30-18-10-13-21-11-4-3-5-12-21/h3-9,11-12,14-17,20,27H,10,13,18-19H2,1-2H3,(H,28,29). The molecular weight excluding hydrogens is 372 g/mol. The normalized spacial score (nSPS) is 10.6. The molecule has 0 atom stereocenters. The lowest BCUT2D eigenvalue weighted by atomic mass is 10.0. The number of carbonyl (C=O) groups is 1. The van der Waals surface area contributed by atoms with E-state index in [1.807, 2.05) is 48.5 Å². The van der Waals surface area contributed by atoms with Crippen LogP contribution in [0.5, 0.6) is 5.75 Å². The summed E-state index contributed by atoms with van der Waals surface area (Å²) in [5, 5.41) is 6.21. The van der Waals surface area contributed by atoms with Crippen LogP contribution in [0.1, 0.15) is 37.3 Å². The number of rotatable bonds is 10. The van der Waals surface area contributed by atoms with Crippen LogP contribution in [0.3, 0.4) is 0 Å². The third kappa shape index (κ3) is 6.38. The topological polar surface area (TPSA) is 50.4 Å². The Morgan fingerprint density at radius 3 is 2.30 bits per heavy atom. The highest BCUT2D eigenvalue weighted by Crippen LogP contribution is 2.25. The Kier molecular flexibility index (Phi) is 7.90. The van der Waals surface area contributed by atoms with Gasteiger partial charge in [-0.3, -0.25) is 4.79 Å². The van der Waals surface area contributed by atoms with Crippen molar-refractivity contribution in [3.8, 4) is 5.75 Å². The molecule has 3 rings (SSSR count). The fourth-order valence-electron chi connectivity index (χ4n) is 3.33. The van der Waals surface area contributed by atoms with E-state index in [2.05, 4.69) is 54.8 Å². The van der Waals surface area contributed by atoms with Crippen molar-refractivity contribution >= 4 is 17.3 Å². The van der Waals surface area contributed by atoms with Crippen molar-refractivity contribution in [2.75, 3.05) is 23.8 Å². The van der Waals surface area contributed by atoms with E-state index in [4.69, 9.17) is 4.74 Å². The predicted octanol–water partition coefficient (Wildman–Crippen LogP) is 5.87. The molecule has 0 aliphatic heterocycles. The number of hydrogen-bond acceptors (Lipinski definition) is 3. The molecule has 0 bridgehead atoms. The Morgan fingerprint density at radius 1 is 0.867 bits per heavy atom. The summed E-state index contributed by atoms with van der Waals surface area (Å²) in [5.41, 5.74) is 4.19. The summed E-state index contributed by atoms with van der Waals surface area (Å²) in [5.74, 6) is 0.983. The first-order valence-corrected chi connectivity index (χ1v) is 10.5. The second-order valence-corrected chi connectivity index (χ2v) is 7.58. The first-order valence-electron chi connectivity index (χ1n) is 10.5. The van der Waals surface area contributed by atoms with Crippen molar-refractivity contribution in [1.82, 2.24) is 0 Å². The highest BCUT2D eigenvalue weighted by atomic mass is 16.5. The maximum absolute atomic E-state index is 12.5. The molecule has 0 spiro atoms. The molecule has 0 unspecified atom stereocenters. The summed E-state index contributed by atoms with van der Waals surface area (Å²) in [6, 6.07) is 26.0. The van der Waals surface area contributed by atoms with Gasteiger partial charge in [0.15, 0.2) is 0 Å². The molecule has 0 fully saturated rings. The monoisotopic (exact) mass is 402 g/mol. The van der Waals surface area contributed by atoms with Crippen molar-refractivity contribution in [3.05, 3.63) is 90.0 Å². The Balaban J connectivity index is 1.51. The van der Waals surface area contributed by atoms with Crippen LogP contribution in [-0.4, -0.2) is 19.1 Å².